The van der Waals surface area contributed by atoms with Gasteiger partial charge in [0.2, 0.25) is 0 Å². The van der Waals surface area contributed by atoms with Crippen molar-refractivity contribution < 1.29 is 5.11 Å². The second kappa shape index (κ2) is 6.33. The first-order valence-corrected chi connectivity index (χ1v) is 6.73. The van der Waals surface area contributed by atoms with E-state index in [4.69, 9.17) is 5.11 Å². The van der Waals surface area contributed by atoms with Crippen LogP contribution in [-0.2, 0) is 6.42 Å². The minimum Gasteiger partial charge on any atom is -0.396 e. The van der Waals surface area contributed by atoms with Crippen molar-refractivity contribution in [3.8, 4) is 0 Å². The van der Waals surface area contributed by atoms with Crippen molar-refractivity contribution in [2.24, 2.45) is 0 Å². The van der Waals surface area contributed by atoms with Crippen LogP contribution in [0, 0.1) is 6.92 Å². The molecule has 4 heteroatoms. The first-order chi connectivity index (χ1) is 7.58. The van der Waals surface area contributed by atoms with Crippen LogP contribution >= 0.6 is 11.3 Å². The summed E-state index contributed by atoms with van der Waals surface area (Å²) in [6.07, 6.45) is 1.80. The van der Waals surface area contributed by atoms with Gasteiger partial charge in [-0.05, 0) is 33.6 Å². The lowest BCUT2D eigenvalue weighted by molar-refractivity contribution is 0.265. The molecule has 1 aromatic heterocycles. The standard InChI is InChI=1S/C12H22N2OS/c1-5-11-14-10(4)12(16-11)9(3)13-8(2)6-7-15/h8-9,13,15H,5-7H2,1-4H3/t8-,9?/m1/s1. The van der Waals surface area contributed by atoms with Gasteiger partial charge in [-0.25, -0.2) is 4.98 Å². The highest BCUT2D eigenvalue weighted by atomic mass is 32.1. The zero-order chi connectivity index (χ0) is 12.1. The molecule has 0 saturated heterocycles. The van der Waals surface area contributed by atoms with Gasteiger partial charge in [-0.2, -0.15) is 0 Å². The van der Waals surface area contributed by atoms with E-state index >= 15 is 0 Å². The van der Waals surface area contributed by atoms with Gasteiger partial charge in [-0.1, -0.05) is 6.92 Å². The molecule has 0 aliphatic rings. The summed E-state index contributed by atoms with van der Waals surface area (Å²) in [7, 11) is 0. The molecule has 92 valence electrons. The molecule has 0 saturated carbocycles. The molecular weight excluding hydrogens is 220 g/mol. The van der Waals surface area contributed by atoms with E-state index in [1.807, 2.05) is 0 Å². The Balaban J connectivity index is 2.64. The zero-order valence-electron chi connectivity index (χ0n) is 10.6. The van der Waals surface area contributed by atoms with Crippen LogP contribution in [0.1, 0.15) is 48.8 Å². The Labute approximate surface area is 102 Å². The monoisotopic (exact) mass is 242 g/mol. The summed E-state index contributed by atoms with van der Waals surface area (Å²) in [5.74, 6) is 0. The van der Waals surface area contributed by atoms with Gasteiger partial charge < -0.3 is 10.4 Å². The summed E-state index contributed by atoms with van der Waals surface area (Å²) in [6.45, 7) is 8.70. The molecule has 3 nitrogen and oxygen atoms in total. The number of rotatable bonds is 6. The maximum atomic E-state index is 8.87. The molecule has 1 aromatic rings. The van der Waals surface area contributed by atoms with Crippen LogP contribution in [0.5, 0.6) is 0 Å². The number of hydrogen-bond acceptors (Lipinski definition) is 4. The van der Waals surface area contributed by atoms with E-state index in [9.17, 15) is 0 Å². The number of nitrogens with zero attached hydrogens (tertiary/aromatic N) is 1. The Morgan fingerprint density at radius 1 is 1.44 bits per heavy atom. The van der Waals surface area contributed by atoms with Crippen LogP contribution in [0.15, 0.2) is 0 Å². The fraction of sp³-hybridized carbons (Fsp3) is 0.750. The molecule has 0 radical (unpaired) electrons. The fourth-order valence-corrected chi connectivity index (χ4v) is 2.82. The third-order valence-electron chi connectivity index (χ3n) is 2.67. The Hall–Kier alpha value is -0.450. The number of hydrogen-bond donors (Lipinski definition) is 2. The highest BCUT2D eigenvalue weighted by Crippen LogP contribution is 2.25. The van der Waals surface area contributed by atoms with Gasteiger partial charge in [0.1, 0.15) is 0 Å². The quantitative estimate of drug-likeness (QED) is 0.805. The molecule has 0 aromatic carbocycles. The number of aliphatic hydroxyl groups excluding tert-OH is 1. The molecular formula is C12H22N2OS. The minimum atomic E-state index is 0.239. The molecule has 0 bridgehead atoms. The van der Waals surface area contributed by atoms with E-state index in [1.165, 1.54) is 9.88 Å². The van der Waals surface area contributed by atoms with Crippen molar-refractivity contribution in [3.63, 3.8) is 0 Å². The first-order valence-electron chi connectivity index (χ1n) is 5.91. The van der Waals surface area contributed by atoms with Crippen LogP contribution in [0.2, 0.25) is 0 Å². The molecule has 1 unspecified atom stereocenters. The zero-order valence-corrected chi connectivity index (χ0v) is 11.4. The first kappa shape index (κ1) is 13.6. The summed E-state index contributed by atoms with van der Waals surface area (Å²) >= 11 is 1.79. The summed E-state index contributed by atoms with van der Waals surface area (Å²) < 4.78 is 0. The molecule has 0 aliphatic carbocycles. The van der Waals surface area contributed by atoms with Crippen LogP contribution in [0.4, 0.5) is 0 Å². The van der Waals surface area contributed by atoms with E-state index < -0.39 is 0 Å². The third-order valence-corrected chi connectivity index (χ3v) is 4.15. The third kappa shape index (κ3) is 3.54. The average Bonchev–Trinajstić information content (AvgIpc) is 2.60. The topological polar surface area (TPSA) is 45.2 Å². The summed E-state index contributed by atoms with van der Waals surface area (Å²) in [5.41, 5.74) is 1.14. The highest BCUT2D eigenvalue weighted by Gasteiger charge is 2.15. The van der Waals surface area contributed by atoms with Crippen LogP contribution in [0.3, 0.4) is 0 Å². The van der Waals surface area contributed by atoms with Gasteiger partial charge >= 0.3 is 0 Å². The molecule has 0 spiro atoms. The van der Waals surface area contributed by atoms with Crippen molar-refractivity contribution in [1.82, 2.24) is 10.3 Å². The Morgan fingerprint density at radius 2 is 2.12 bits per heavy atom. The van der Waals surface area contributed by atoms with Crippen molar-refractivity contribution in [2.75, 3.05) is 6.61 Å². The Bertz CT molecular complexity index is 325. The maximum Gasteiger partial charge on any atom is 0.0928 e. The predicted octanol–water partition coefficient (Wildman–Crippen LogP) is 2.44. The molecule has 2 N–H and O–H groups in total. The molecule has 16 heavy (non-hydrogen) atoms. The average molecular weight is 242 g/mol. The van der Waals surface area contributed by atoms with Crippen molar-refractivity contribution in [1.29, 1.82) is 0 Å². The van der Waals surface area contributed by atoms with Crippen LogP contribution in [-0.4, -0.2) is 22.7 Å². The van der Waals surface area contributed by atoms with E-state index in [2.05, 4.69) is 38.0 Å². The Morgan fingerprint density at radius 3 is 2.62 bits per heavy atom. The lowest BCUT2D eigenvalue weighted by Gasteiger charge is -2.18. The van der Waals surface area contributed by atoms with Crippen LogP contribution < -0.4 is 5.32 Å². The maximum absolute atomic E-state index is 8.87. The van der Waals surface area contributed by atoms with Gasteiger partial charge in [-0.3, -0.25) is 0 Å². The number of thiazole rings is 1. The number of aliphatic hydroxyl groups is 1. The highest BCUT2D eigenvalue weighted by molar-refractivity contribution is 7.11. The summed E-state index contributed by atoms with van der Waals surface area (Å²) in [6, 6.07) is 0.658. The van der Waals surface area contributed by atoms with Gasteiger partial charge in [0.15, 0.2) is 0 Å². The van der Waals surface area contributed by atoms with Gasteiger partial charge in [0.05, 0.1) is 10.7 Å². The smallest absolute Gasteiger partial charge is 0.0928 e. The normalized spacial score (nSPS) is 15.1. The lowest BCUT2D eigenvalue weighted by Crippen LogP contribution is -2.29. The molecule has 1 heterocycles. The van der Waals surface area contributed by atoms with Gasteiger partial charge in [0.25, 0.3) is 0 Å². The number of aryl methyl sites for hydroxylation is 2. The predicted molar refractivity (Wildman–Crippen MR) is 68.9 cm³/mol. The molecule has 0 aliphatic heterocycles. The number of nitrogens with one attached hydrogen (secondary N) is 1. The number of aromatic nitrogens is 1. The van der Waals surface area contributed by atoms with Gasteiger partial charge in [-0.15, -0.1) is 11.3 Å². The van der Waals surface area contributed by atoms with E-state index in [1.54, 1.807) is 11.3 Å². The second-order valence-corrected chi connectivity index (χ2v) is 5.33. The van der Waals surface area contributed by atoms with Crippen molar-refractivity contribution >= 4 is 11.3 Å². The van der Waals surface area contributed by atoms with E-state index in [-0.39, 0.29) is 6.61 Å². The van der Waals surface area contributed by atoms with E-state index in [0.29, 0.717) is 12.1 Å². The second-order valence-electron chi connectivity index (χ2n) is 4.21. The lowest BCUT2D eigenvalue weighted by atomic mass is 10.2. The summed E-state index contributed by atoms with van der Waals surface area (Å²) in [5, 5.41) is 13.6. The Kier molecular flexibility index (Phi) is 5.38. The van der Waals surface area contributed by atoms with Crippen molar-refractivity contribution in [3.05, 3.63) is 15.6 Å². The van der Waals surface area contributed by atoms with E-state index in [0.717, 1.165) is 18.5 Å². The van der Waals surface area contributed by atoms with Crippen molar-refractivity contribution in [2.45, 2.75) is 52.6 Å². The fourth-order valence-electron chi connectivity index (χ4n) is 1.80. The molecule has 1 rings (SSSR count). The van der Waals surface area contributed by atoms with Crippen LogP contribution in [0.25, 0.3) is 0 Å². The molecule has 2 atom stereocenters. The molecule has 0 amide bonds. The molecule has 0 fully saturated rings. The summed E-state index contributed by atoms with van der Waals surface area (Å²) in [4.78, 5) is 5.85. The minimum absolute atomic E-state index is 0.239. The SMILES string of the molecule is CCc1nc(C)c(C(C)N[C@H](C)CCO)s1. The van der Waals surface area contributed by atoms with Gasteiger partial charge in [0, 0.05) is 23.6 Å². The largest absolute Gasteiger partial charge is 0.396 e.